The molecule has 1 amide bonds. The van der Waals surface area contributed by atoms with Crippen LogP contribution in [-0.2, 0) is 11.4 Å². The largest absolute Gasteiger partial charge is 0.488 e. The predicted octanol–water partition coefficient (Wildman–Crippen LogP) is 4.89. The van der Waals surface area contributed by atoms with Crippen LogP contribution in [0.4, 0.5) is 0 Å². The summed E-state index contributed by atoms with van der Waals surface area (Å²) in [5.74, 6) is 0.920. The van der Waals surface area contributed by atoms with Crippen LogP contribution in [0.1, 0.15) is 11.1 Å². The Labute approximate surface area is 172 Å². The van der Waals surface area contributed by atoms with Crippen LogP contribution in [0.25, 0.3) is 0 Å². The number of carbonyl (C=O) groups is 1. The fourth-order valence-electron chi connectivity index (χ4n) is 2.07. The van der Waals surface area contributed by atoms with Crippen molar-refractivity contribution in [1.29, 1.82) is 0 Å². The molecule has 0 aliphatic carbocycles. The van der Waals surface area contributed by atoms with E-state index in [0.717, 1.165) is 15.6 Å². The zero-order valence-corrected chi connectivity index (χ0v) is 17.1. The highest BCUT2D eigenvalue weighted by atomic mass is 79.9. The molecular formula is C17H12BrCl2N3O2S. The van der Waals surface area contributed by atoms with E-state index in [9.17, 15) is 4.79 Å². The molecule has 1 saturated heterocycles. The van der Waals surface area contributed by atoms with E-state index in [1.165, 1.54) is 11.8 Å². The lowest BCUT2D eigenvalue weighted by atomic mass is 10.2. The zero-order valence-electron chi connectivity index (χ0n) is 13.2. The minimum atomic E-state index is -0.0738. The van der Waals surface area contributed by atoms with Gasteiger partial charge in [-0.3, -0.25) is 4.79 Å². The van der Waals surface area contributed by atoms with E-state index < -0.39 is 0 Å². The number of nitrogens with zero attached hydrogens (tertiary/aromatic N) is 2. The third-order valence-corrected chi connectivity index (χ3v) is 5.25. The van der Waals surface area contributed by atoms with Crippen LogP contribution in [0.3, 0.4) is 0 Å². The first-order valence-corrected chi connectivity index (χ1v) is 9.94. The molecule has 2 aromatic carbocycles. The highest BCUT2D eigenvalue weighted by molar-refractivity contribution is 9.10. The van der Waals surface area contributed by atoms with Crippen LogP contribution in [0.15, 0.2) is 51.1 Å². The lowest BCUT2D eigenvalue weighted by Gasteiger charge is -2.10. The Kier molecular flexibility index (Phi) is 6.58. The molecule has 0 unspecified atom stereocenters. The van der Waals surface area contributed by atoms with Gasteiger partial charge in [0, 0.05) is 25.6 Å². The molecule has 0 saturated carbocycles. The lowest BCUT2D eigenvalue weighted by Crippen LogP contribution is -2.19. The summed E-state index contributed by atoms with van der Waals surface area (Å²) < 4.78 is 6.76. The average Bonchev–Trinajstić information content (AvgIpc) is 3.01. The van der Waals surface area contributed by atoms with Gasteiger partial charge in [0.05, 0.1) is 12.0 Å². The number of amides is 1. The summed E-state index contributed by atoms with van der Waals surface area (Å²) >= 11 is 16.8. The number of amidine groups is 1. The third-order valence-electron chi connectivity index (χ3n) is 3.30. The molecule has 0 atom stereocenters. The second-order valence-corrected chi connectivity index (χ2v) is 7.92. The average molecular weight is 473 g/mol. The molecule has 3 rings (SSSR count). The van der Waals surface area contributed by atoms with Crippen LogP contribution >= 0.6 is 50.9 Å². The smallest absolute Gasteiger partial charge is 0.236 e. The number of hydrogen-bond donors (Lipinski definition) is 1. The lowest BCUT2D eigenvalue weighted by molar-refractivity contribution is -0.116. The van der Waals surface area contributed by atoms with Crippen molar-refractivity contribution in [3.8, 4) is 5.75 Å². The van der Waals surface area contributed by atoms with Crippen molar-refractivity contribution in [2.24, 2.45) is 10.2 Å². The van der Waals surface area contributed by atoms with Crippen molar-refractivity contribution in [2.45, 2.75) is 6.61 Å². The zero-order chi connectivity index (χ0) is 18.5. The van der Waals surface area contributed by atoms with Gasteiger partial charge >= 0.3 is 0 Å². The van der Waals surface area contributed by atoms with Crippen LogP contribution in [-0.4, -0.2) is 23.0 Å². The minimum Gasteiger partial charge on any atom is -0.488 e. The molecule has 0 spiro atoms. The molecule has 26 heavy (non-hydrogen) atoms. The standard InChI is InChI=1S/C17H12BrCl2N3O2S/c18-12-2-4-15(25-8-10-1-3-13(19)6-14(10)20)11(5-12)7-21-23-17-22-16(24)9-26-17/h1-7H,8-9H2,(H,22,23,24). The summed E-state index contributed by atoms with van der Waals surface area (Å²) in [5.41, 5.74) is 1.57. The topological polar surface area (TPSA) is 63.0 Å². The van der Waals surface area contributed by atoms with E-state index in [0.29, 0.717) is 33.3 Å². The monoisotopic (exact) mass is 471 g/mol. The maximum atomic E-state index is 11.1. The second kappa shape index (κ2) is 8.90. The van der Waals surface area contributed by atoms with Crippen LogP contribution in [0.2, 0.25) is 10.0 Å². The number of hydrogen-bond acceptors (Lipinski definition) is 5. The van der Waals surface area contributed by atoms with Gasteiger partial charge in [-0.25, -0.2) is 0 Å². The number of rotatable bonds is 5. The Hall–Kier alpha value is -1.54. The third kappa shape index (κ3) is 5.23. The molecule has 1 heterocycles. The SMILES string of the molecule is O=C1CSC(=NN=Cc2cc(Br)ccc2OCc2ccc(Cl)cc2Cl)N1. The fourth-order valence-corrected chi connectivity index (χ4v) is 3.54. The molecule has 1 aliphatic rings. The number of benzene rings is 2. The van der Waals surface area contributed by atoms with E-state index >= 15 is 0 Å². The summed E-state index contributed by atoms with van der Waals surface area (Å²) in [6.07, 6.45) is 1.57. The molecule has 1 aliphatic heterocycles. The summed E-state index contributed by atoms with van der Waals surface area (Å²) in [6.45, 7) is 0.291. The predicted molar refractivity (Wildman–Crippen MR) is 111 cm³/mol. The Morgan fingerprint density at radius 2 is 2.12 bits per heavy atom. The summed E-state index contributed by atoms with van der Waals surface area (Å²) in [7, 11) is 0. The molecule has 0 aromatic heterocycles. The van der Waals surface area contributed by atoms with Crippen molar-refractivity contribution in [3.05, 3.63) is 62.0 Å². The van der Waals surface area contributed by atoms with Crippen molar-refractivity contribution in [1.82, 2.24) is 5.32 Å². The van der Waals surface area contributed by atoms with Gasteiger partial charge in [0.2, 0.25) is 5.91 Å². The van der Waals surface area contributed by atoms with Gasteiger partial charge in [0.1, 0.15) is 12.4 Å². The first kappa shape index (κ1) is 19.2. The number of nitrogens with one attached hydrogen (secondary N) is 1. The number of ether oxygens (including phenoxy) is 1. The molecule has 9 heteroatoms. The Bertz CT molecular complexity index is 906. The maximum Gasteiger partial charge on any atom is 0.236 e. The minimum absolute atomic E-state index is 0.0738. The van der Waals surface area contributed by atoms with Gasteiger partial charge in [-0.15, -0.1) is 5.10 Å². The van der Waals surface area contributed by atoms with E-state index in [2.05, 4.69) is 31.4 Å². The van der Waals surface area contributed by atoms with Gasteiger partial charge in [-0.1, -0.05) is 57.0 Å². The summed E-state index contributed by atoms with van der Waals surface area (Å²) in [5, 5.41) is 12.2. The van der Waals surface area contributed by atoms with E-state index in [4.69, 9.17) is 27.9 Å². The highest BCUT2D eigenvalue weighted by Gasteiger charge is 2.16. The van der Waals surface area contributed by atoms with Gasteiger partial charge in [-0.2, -0.15) is 5.10 Å². The van der Waals surface area contributed by atoms with Crippen LogP contribution in [0.5, 0.6) is 5.75 Å². The van der Waals surface area contributed by atoms with Gasteiger partial charge in [0.15, 0.2) is 5.17 Å². The van der Waals surface area contributed by atoms with E-state index in [-0.39, 0.29) is 5.91 Å². The van der Waals surface area contributed by atoms with Crippen molar-refractivity contribution >= 4 is 68.2 Å². The first-order valence-electron chi connectivity index (χ1n) is 7.41. The van der Waals surface area contributed by atoms with Crippen LogP contribution < -0.4 is 10.1 Å². The molecule has 0 radical (unpaired) electrons. The number of halogens is 3. The van der Waals surface area contributed by atoms with Gasteiger partial charge in [-0.05, 0) is 30.3 Å². The van der Waals surface area contributed by atoms with Crippen molar-refractivity contribution < 1.29 is 9.53 Å². The molecule has 2 aromatic rings. The molecule has 0 bridgehead atoms. The first-order chi connectivity index (χ1) is 12.5. The second-order valence-electron chi connectivity index (χ2n) is 5.19. The van der Waals surface area contributed by atoms with Gasteiger partial charge in [0.25, 0.3) is 0 Å². The molecular weight excluding hydrogens is 461 g/mol. The normalized spacial score (nSPS) is 15.7. The van der Waals surface area contributed by atoms with Crippen LogP contribution in [0, 0.1) is 0 Å². The number of carbonyl (C=O) groups excluding carboxylic acids is 1. The summed E-state index contributed by atoms with van der Waals surface area (Å²) in [6, 6.07) is 10.8. The van der Waals surface area contributed by atoms with E-state index in [1.807, 2.05) is 24.3 Å². The van der Waals surface area contributed by atoms with Crippen molar-refractivity contribution in [2.75, 3.05) is 5.75 Å². The van der Waals surface area contributed by atoms with E-state index in [1.54, 1.807) is 18.3 Å². The fraction of sp³-hybridized carbons (Fsp3) is 0.118. The molecule has 1 fully saturated rings. The Balaban J connectivity index is 1.74. The highest BCUT2D eigenvalue weighted by Crippen LogP contribution is 2.26. The quantitative estimate of drug-likeness (QED) is 0.497. The molecule has 5 nitrogen and oxygen atoms in total. The van der Waals surface area contributed by atoms with Crippen molar-refractivity contribution in [3.63, 3.8) is 0 Å². The maximum absolute atomic E-state index is 11.1. The van der Waals surface area contributed by atoms with Gasteiger partial charge < -0.3 is 10.1 Å². The molecule has 134 valence electrons. The number of thioether (sulfide) groups is 1. The Morgan fingerprint density at radius 1 is 1.27 bits per heavy atom. The molecule has 1 N–H and O–H groups in total. The summed E-state index contributed by atoms with van der Waals surface area (Å²) in [4.78, 5) is 11.1. The Morgan fingerprint density at radius 3 is 2.85 bits per heavy atom.